The minimum Gasteiger partial charge on any atom is -0.424 e. The number of carbonyl (C=O) groups is 2. The molecule has 4 heterocycles. The largest absolute Gasteiger partial charge is 0.509 e. The van der Waals surface area contributed by atoms with Crippen molar-refractivity contribution in [2.75, 3.05) is 24.7 Å². The van der Waals surface area contributed by atoms with Crippen LogP contribution in [0.15, 0.2) is 41.5 Å². The molecule has 0 radical (unpaired) electrons. The number of hydrogen-bond donors (Lipinski definition) is 3. The van der Waals surface area contributed by atoms with Gasteiger partial charge in [-0.05, 0) is 18.9 Å². The zero-order valence-corrected chi connectivity index (χ0v) is 26.4. The van der Waals surface area contributed by atoms with Crippen LogP contribution in [-0.2, 0) is 39.2 Å². The standard InChI is InChI=1S/C27H35N6O9PS/c1-5-26(2,3)23(35)44-12-11-38-43(37,30-13-16-9-7-6-8-10-16)39-14-17-19-27(4,42-25(36)41-19)22(40-17)33-15-29-18-20(33)31-24(28)32-21(18)34/h6-10,15,17,19,22H,5,11-14H2,1-4H3,(H,30,37)(H3,28,31,32,34)/t17-,19+,22-,27?,43?/m1/s1. The Bertz CT molecular complexity index is 1630. The zero-order chi connectivity index (χ0) is 31.7. The van der Waals surface area contributed by atoms with E-state index in [4.69, 9.17) is 29.0 Å². The van der Waals surface area contributed by atoms with Crippen LogP contribution in [0, 0.1) is 5.41 Å². The van der Waals surface area contributed by atoms with Crippen LogP contribution in [0.2, 0.25) is 0 Å². The predicted molar refractivity (Wildman–Crippen MR) is 161 cm³/mol. The van der Waals surface area contributed by atoms with Crippen LogP contribution in [0.1, 0.15) is 45.9 Å². The van der Waals surface area contributed by atoms with Gasteiger partial charge in [-0.3, -0.25) is 28.2 Å². The average molecular weight is 651 g/mol. The smallest absolute Gasteiger partial charge is 0.424 e. The number of aromatic nitrogens is 4. The fourth-order valence-corrected chi connectivity index (χ4v) is 7.11. The first-order valence-electron chi connectivity index (χ1n) is 14.0. The molecule has 0 bridgehead atoms. The molecule has 0 spiro atoms. The molecule has 5 rings (SSSR count). The number of thioether (sulfide) groups is 1. The number of fused-ring (bicyclic) bond motifs is 2. The lowest BCUT2D eigenvalue weighted by Gasteiger charge is -2.26. The Morgan fingerprint density at radius 2 is 2.02 bits per heavy atom. The van der Waals surface area contributed by atoms with Crippen molar-refractivity contribution in [3.63, 3.8) is 0 Å². The van der Waals surface area contributed by atoms with Crippen LogP contribution >= 0.6 is 19.5 Å². The Labute approximate surface area is 257 Å². The van der Waals surface area contributed by atoms with E-state index in [1.54, 1.807) is 6.92 Å². The number of nitrogens with one attached hydrogen (secondary N) is 2. The summed E-state index contributed by atoms with van der Waals surface area (Å²) in [4.78, 5) is 47.8. The third-order valence-corrected chi connectivity index (χ3v) is 10.4. The number of nitrogens with zero attached hydrogens (tertiary/aromatic N) is 3. The van der Waals surface area contributed by atoms with Crippen molar-refractivity contribution in [2.24, 2.45) is 5.41 Å². The number of rotatable bonds is 13. The highest BCUT2D eigenvalue weighted by atomic mass is 32.2. The minimum absolute atomic E-state index is 0.00887. The van der Waals surface area contributed by atoms with Crippen molar-refractivity contribution < 1.29 is 37.4 Å². The third kappa shape index (κ3) is 6.55. The van der Waals surface area contributed by atoms with E-state index in [0.29, 0.717) is 6.42 Å². The van der Waals surface area contributed by atoms with Gasteiger partial charge in [0.05, 0.1) is 19.5 Å². The fraction of sp³-hybridized carbons (Fsp3) is 0.519. The van der Waals surface area contributed by atoms with Crippen molar-refractivity contribution >= 4 is 47.9 Å². The summed E-state index contributed by atoms with van der Waals surface area (Å²) in [5.74, 6) is 0.129. The Morgan fingerprint density at radius 3 is 2.75 bits per heavy atom. The quantitative estimate of drug-likeness (QED) is 0.138. The number of nitrogen functional groups attached to an aromatic ring is 1. The molecule has 17 heteroatoms. The van der Waals surface area contributed by atoms with E-state index in [1.165, 1.54) is 10.9 Å². The molecule has 2 aliphatic heterocycles. The Hall–Kier alpha value is -3.27. The van der Waals surface area contributed by atoms with Crippen LogP contribution in [0.5, 0.6) is 0 Å². The van der Waals surface area contributed by atoms with Gasteiger partial charge in [0.25, 0.3) is 5.56 Å². The van der Waals surface area contributed by atoms with Gasteiger partial charge in [0, 0.05) is 17.7 Å². The number of carbonyl (C=O) groups excluding carboxylic acids is 2. The molecule has 3 aromatic rings. The normalized spacial score (nSPS) is 24.5. The second kappa shape index (κ2) is 12.6. The summed E-state index contributed by atoms with van der Waals surface area (Å²) in [6.45, 7) is 7.09. The molecule has 2 fully saturated rings. The van der Waals surface area contributed by atoms with E-state index in [2.05, 4.69) is 20.0 Å². The topological polar surface area (TPSA) is 199 Å². The second-order valence-corrected chi connectivity index (χ2v) is 14.1. The third-order valence-electron chi connectivity index (χ3n) is 7.67. The highest BCUT2D eigenvalue weighted by molar-refractivity contribution is 8.13. The van der Waals surface area contributed by atoms with Gasteiger partial charge in [-0.2, -0.15) is 4.98 Å². The Kier molecular flexibility index (Phi) is 9.21. The number of aromatic amines is 1. The first kappa shape index (κ1) is 32.1. The summed E-state index contributed by atoms with van der Waals surface area (Å²) >= 11 is 1.11. The molecule has 5 atom stereocenters. The lowest BCUT2D eigenvalue weighted by Crippen LogP contribution is -2.42. The van der Waals surface area contributed by atoms with E-state index < -0.39 is 48.9 Å². The van der Waals surface area contributed by atoms with Gasteiger partial charge in [-0.1, -0.05) is 62.9 Å². The number of nitrogens with two attached hydrogens (primary N) is 1. The van der Waals surface area contributed by atoms with Gasteiger partial charge in [-0.15, -0.1) is 0 Å². The van der Waals surface area contributed by atoms with Crippen LogP contribution in [0.4, 0.5) is 10.7 Å². The van der Waals surface area contributed by atoms with Crippen molar-refractivity contribution in [1.82, 2.24) is 24.6 Å². The summed E-state index contributed by atoms with van der Waals surface area (Å²) in [6.07, 6.45) is -1.92. The summed E-state index contributed by atoms with van der Waals surface area (Å²) in [5.41, 5.74) is 4.28. The van der Waals surface area contributed by atoms with Gasteiger partial charge in [-0.25, -0.2) is 19.4 Å². The number of imidazole rings is 1. The summed E-state index contributed by atoms with van der Waals surface area (Å²) < 4.78 is 44.1. The maximum absolute atomic E-state index is 13.9. The maximum atomic E-state index is 13.9. The molecule has 238 valence electrons. The SMILES string of the molecule is CCC(C)(C)C(=O)SCCOP(=O)(NCc1ccccc1)OC[C@H]1O[C@@H](n2cnc3c(=O)[nH]c(N)nc32)C2(C)OC(=O)O[C@@H]12. The molecule has 15 nitrogen and oxygen atoms in total. The highest BCUT2D eigenvalue weighted by Crippen LogP contribution is 2.50. The van der Waals surface area contributed by atoms with E-state index in [9.17, 15) is 18.9 Å². The van der Waals surface area contributed by atoms with Gasteiger partial charge in [0.15, 0.2) is 34.2 Å². The number of H-pyrrole nitrogens is 1. The summed E-state index contributed by atoms with van der Waals surface area (Å²) in [6, 6.07) is 9.26. The molecule has 44 heavy (non-hydrogen) atoms. The van der Waals surface area contributed by atoms with Crippen molar-refractivity contribution in [2.45, 2.75) is 64.7 Å². The molecule has 0 amide bonds. The molecule has 2 aromatic heterocycles. The van der Waals surface area contributed by atoms with Gasteiger partial charge in [0.1, 0.15) is 6.10 Å². The molecule has 2 saturated heterocycles. The molecule has 4 N–H and O–H groups in total. The number of benzene rings is 1. The predicted octanol–water partition coefficient (Wildman–Crippen LogP) is 3.52. The fourth-order valence-electron chi connectivity index (χ4n) is 4.79. The summed E-state index contributed by atoms with van der Waals surface area (Å²) in [7, 11) is -3.98. The van der Waals surface area contributed by atoms with Crippen LogP contribution in [-0.4, -0.2) is 67.6 Å². The number of ether oxygens (including phenoxy) is 3. The zero-order valence-electron chi connectivity index (χ0n) is 24.7. The first-order chi connectivity index (χ1) is 20.8. The lowest BCUT2D eigenvalue weighted by atomic mass is 9.92. The van der Waals surface area contributed by atoms with E-state index >= 15 is 0 Å². The van der Waals surface area contributed by atoms with E-state index in [0.717, 1.165) is 17.3 Å². The maximum Gasteiger partial charge on any atom is 0.509 e. The first-order valence-corrected chi connectivity index (χ1v) is 16.5. The van der Waals surface area contributed by atoms with E-state index in [1.807, 2.05) is 51.1 Å². The van der Waals surface area contributed by atoms with E-state index in [-0.39, 0.29) is 47.7 Å². The Balaban J connectivity index is 1.32. The summed E-state index contributed by atoms with van der Waals surface area (Å²) in [5, 5.41) is 2.87. The molecule has 0 saturated carbocycles. The van der Waals surface area contributed by atoms with Crippen molar-refractivity contribution in [3.8, 4) is 0 Å². The van der Waals surface area contributed by atoms with Crippen LogP contribution in [0.3, 0.4) is 0 Å². The molecule has 2 unspecified atom stereocenters. The Morgan fingerprint density at radius 1 is 1.27 bits per heavy atom. The van der Waals surface area contributed by atoms with Gasteiger partial charge in [0.2, 0.25) is 5.95 Å². The molecular formula is C27H35N6O9PS. The molecule has 1 aromatic carbocycles. The van der Waals surface area contributed by atoms with Crippen molar-refractivity contribution in [3.05, 3.63) is 52.6 Å². The van der Waals surface area contributed by atoms with Crippen LogP contribution < -0.4 is 16.4 Å². The molecule has 2 aliphatic rings. The monoisotopic (exact) mass is 650 g/mol. The molecular weight excluding hydrogens is 615 g/mol. The lowest BCUT2D eigenvalue weighted by molar-refractivity contribution is -0.118. The second-order valence-electron chi connectivity index (χ2n) is 11.2. The van der Waals surface area contributed by atoms with Gasteiger partial charge < -0.3 is 19.9 Å². The minimum atomic E-state index is -3.98. The number of anilines is 1. The average Bonchev–Trinajstić information content (AvgIpc) is 3.62. The number of hydrogen-bond acceptors (Lipinski definition) is 13. The van der Waals surface area contributed by atoms with Crippen molar-refractivity contribution in [1.29, 1.82) is 0 Å². The highest BCUT2D eigenvalue weighted by Gasteiger charge is 2.64. The van der Waals surface area contributed by atoms with Crippen LogP contribution in [0.25, 0.3) is 11.2 Å². The molecule has 0 aliphatic carbocycles. The van der Waals surface area contributed by atoms with Gasteiger partial charge >= 0.3 is 13.9 Å².